The van der Waals surface area contributed by atoms with Crippen molar-refractivity contribution in [3.05, 3.63) is 117 Å². The molecular formula is C53H60N10O8. The molecule has 4 aliphatic heterocycles. The molecule has 1 aromatic carbocycles. The maximum Gasteiger partial charge on any atom is 0.276 e. The van der Waals surface area contributed by atoms with E-state index >= 15 is 0 Å². The first-order valence-corrected chi connectivity index (χ1v) is 24.6. The second-order valence-electron chi connectivity index (χ2n) is 20.2. The van der Waals surface area contributed by atoms with Gasteiger partial charge in [-0.1, -0.05) is 26.0 Å². The van der Waals surface area contributed by atoms with E-state index in [-0.39, 0.29) is 60.1 Å². The number of aryl methyl sites for hydroxylation is 2. The Bertz CT molecular complexity index is 3020. The molecule has 5 amide bonds. The summed E-state index contributed by atoms with van der Waals surface area (Å²) in [5.74, 6) is -0.172. The molecule has 3 N–H and O–H groups in total. The van der Waals surface area contributed by atoms with Crippen LogP contribution in [0.15, 0.2) is 71.9 Å². The standard InChI is InChI=1S/C53H60N10O8/c1-32-28-59(47(66)15-22-71-21-6-8-33-7-5-9-38-39(33)30-63(50(38)68)42-11-13-46(65)57-49(42)67)17-18-60(32)36-10-12-45(55-27-36)56-41-23-35(29-58(4)51(41)69)37-14-16-54-48(40(37)31-64)62-20-19-61-43(52(62)70)24-34-25-53(2,3)26-44(34)61/h5,7,9-10,12,14,16,23-24,27,29,32,42,64H,6,8,11,13,15,17-22,25-26,28,30-31H2,1-4H3,(H,55,56)(H,57,65,67)/t32-,42?/m0/s1. The van der Waals surface area contributed by atoms with Crippen LogP contribution in [0.3, 0.4) is 0 Å². The van der Waals surface area contributed by atoms with Crippen molar-refractivity contribution < 1.29 is 33.8 Å². The number of fused-ring (bicyclic) bond motifs is 4. The Hall–Kier alpha value is -7.18. The van der Waals surface area contributed by atoms with E-state index in [0.29, 0.717) is 117 Å². The Morgan fingerprint density at radius 3 is 2.56 bits per heavy atom. The highest BCUT2D eigenvalue weighted by Gasteiger charge is 2.40. The highest BCUT2D eigenvalue weighted by Crippen LogP contribution is 2.40. The third-order valence-electron chi connectivity index (χ3n) is 14.8. The summed E-state index contributed by atoms with van der Waals surface area (Å²) in [6.45, 7) is 10.1. The van der Waals surface area contributed by atoms with Gasteiger partial charge in [-0.15, -0.1) is 0 Å². The predicted octanol–water partition coefficient (Wildman–Crippen LogP) is 4.50. The van der Waals surface area contributed by atoms with Crippen molar-refractivity contribution in [1.82, 2.24) is 34.2 Å². The lowest BCUT2D eigenvalue weighted by molar-refractivity contribution is -0.137. The molecule has 0 bridgehead atoms. The number of amides is 5. The monoisotopic (exact) mass is 964 g/mol. The van der Waals surface area contributed by atoms with Gasteiger partial charge in [0.05, 0.1) is 31.5 Å². The van der Waals surface area contributed by atoms with Crippen molar-refractivity contribution in [2.24, 2.45) is 12.5 Å². The second kappa shape index (κ2) is 19.2. The number of carbonyl (C=O) groups is 5. The number of aromatic nitrogens is 4. The Labute approximate surface area is 411 Å². The quantitative estimate of drug-likeness (QED) is 0.104. The fourth-order valence-electron chi connectivity index (χ4n) is 11.2. The van der Waals surface area contributed by atoms with Gasteiger partial charge in [0.15, 0.2) is 0 Å². The normalized spacial score (nSPS) is 19.5. The van der Waals surface area contributed by atoms with Gasteiger partial charge in [0.25, 0.3) is 17.4 Å². The van der Waals surface area contributed by atoms with E-state index < -0.39 is 11.9 Å². The number of ether oxygens (including phenoxy) is 1. The van der Waals surface area contributed by atoms with Crippen molar-refractivity contribution in [1.29, 1.82) is 0 Å². The molecule has 18 nitrogen and oxygen atoms in total. The first kappa shape index (κ1) is 47.5. The molecule has 71 heavy (non-hydrogen) atoms. The van der Waals surface area contributed by atoms with Crippen LogP contribution in [0.4, 0.5) is 23.0 Å². The summed E-state index contributed by atoms with van der Waals surface area (Å²) < 4.78 is 9.52. The first-order valence-electron chi connectivity index (χ1n) is 24.6. The molecular weight excluding hydrogens is 905 g/mol. The SMILES string of the molecule is C[C@H]1CN(C(=O)CCOCCCc2cccc3c2CN(C2CCC(=O)NC2=O)C3=O)CCN1c1ccc(Nc2cc(-c3ccnc(N4CCn5c(cc6c5CC(C)(C)C6)C4=O)c3CO)cn(C)c2=O)nc1. The molecule has 5 aliphatic rings. The fourth-order valence-corrected chi connectivity index (χ4v) is 11.2. The Morgan fingerprint density at radius 2 is 1.79 bits per heavy atom. The van der Waals surface area contributed by atoms with Crippen LogP contribution < -0.4 is 26.0 Å². The Balaban J connectivity index is 0.711. The van der Waals surface area contributed by atoms with Gasteiger partial charge < -0.3 is 39.0 Å². The first-order chi connectivity index (χ1) is 34.2. The molecule has 8 heterocycles. The summed E-state index contributed by atoms with van der Waals surface area (Å²) in [5.41, 5.74) is 8.54. The number of hydrogen-bond acceptors (Lipinski definition) is 12. The number of nitrogens with zero attached hydrogens (tertiary/aromatic N) is 8. The minimum Gasteiger partial charge on any atom is -0.392 e. The van der Waals surface area contributed by atoms with Crippen LogP contribution in [0.5, 0.6) is 0 Å². The fraction of sp³-hybridized carbons (Fsp3) is 0.434. The lowest BCUT2D eigenvalue weighted by Crippen LogP contribution is -2.54. The minimum atomic E-state index is -0.655. The molecule has 2 saturated heterocycles. The number of aliphatic hydroxyl groups excluding tert-OH is 1. The molecule has 0 spiro atoms. The molecule has 0 radical (unpaired) electrons. The molecule has 5 aromatic rings. The van der Waals surface area contributed by atoms with Crippen LogP contribution in [0.1, 0.15) is 95.2 Å². The number of benzene rings is 1. The van der Waals surface area contributed by atoms with Crippen LogP contribution in [-0.4, -0.2) is 115 Å². The number of anilines is 4. The Kier molecular flexibility index (Phi) is 12.8. The minimum absolute atomic E-state index is 0.0217. The second-order valence-corrected chi connectivity index (χ2v) is 20.2. The highest BCUT2D eigenvalue weighted by molar-refractivity contribution is 6.07. The summed E-state index contributed by atoms with van der Waals surface area (Å²) in [5, 5.41) is 16.3. The molecule has 10 rings (SSSR count). The number of piperazine rings is 1. The zero-order valence-corrected chi connectivity index (χ0v) is 40.7. The third kappa shape index (κ3) is 9.21. The molecule has 2 atom stereocenters. The number of nitrogens with one attached hydrogen (secondary N) is 2. The topological polar surface area (TPSA) is 205 Å². The van der Waals surface area contributed by atoms with E-state index in [1.807, 2.05) is 35.2 Å². The average molecular weight is 965 g/mol. The van der Waals surface area contributed by atoms with Crippen LogP contribution in [0.2, 0.25) is 0 Å². The number of carbonyl (C=O) groups excluding carboxylic acids is 5. The Morgan fingerprint density at radius 1 is 0.944 bits per heavy atom. The summed E-state index contributed by atoms with van der Waals surface area (Å²) in [7, 11) is 1.67. The summed E-state index contributed by atoms with van der Waals surface area (Å²) >= 11 is 0. The van der Waals surface area contributed by atoms with Gasteiger partial charge in [0.1, 0.15) is 29.1 Å². The average Bonchev–Trinajstić information content (AvgIpc) is 3.98. The van der Waals surface area contributed by atoms with Crippen molar-refractivity contribution in [2.45, 2.75) is 97.5 Å². The van der Waals surface area contributed by atoms with Crippen molar-refractivity contribution in [3.63, 3.8) is 0 Å². The van der Waals surface area contributed by atoms with Gasteiger partial charge in [-0.3, -0.25) is 39.0 Å². The van der Waals surface area contributed by atoms with Gasteiger partial charge in [0.2, 0.25) is 17.7 Å². The molecule has 4 aromatic heterocycles. The number of rotatable bonds is 14. The lowest BCUT2D eigenvalue weighted by Gasteiger charge is -2.41. The molecule has 18 heteroatoms. The van der Waals surface area contributed by atoms with Crippen LogP contribution in [-0.2, 0) is 65.1 Å². The zero-order chi connectivity index (χ0) is 49.7. The van der Waals surface area contributed by atoms with Gasteiger partial charge >= 0.3 is 0 Å². The largest absolute Gasteiger partial charge is 0.392 e. The van der Waals surface area contributed by atoms with Crippen molar-refractivity contribution in [2.75, 3.05) is 54.5 Å². The number of imide groups is 1. The molecule has 370 valence electrons. The smallest absolute Gasteiger partial charge is 0.276 e. The number of aliphatic hydroxyl groups is 1. The maximum absolute atomic E-state index is 14.0. The molecule has 0 saturated carbocycles. The van der Waals surface area contributed by atoms with E-state index in [9.17, 15) is 33.9 Å². The predicted molar refractivity (Wildman–Crippen MR) is 265 cm³/mol. The van der Waals surface area contributed by atoms with Gasteiger partial charge in [-0.05, 0) is 103 Å². The van der Waals surface area contributed by atoms with E-state index in [1.54, 1.807) is 53.6 Å². The van der Waals surface area contributed by atoms with E-state index in [2.05, 4.69) is 50.8 Å². The van der Waals surface area contributed by atoms with Crippen LogP contribution >= 0.6 is 0 Å². The molecule has 2 fully saturated rings. The molecule has 1 unspecified atom stereocenters. The van der Waals surface area contributed by atoms with Gasteiger partial charge in [-0.2, -0.15) is 0 Å². The van der Waals surface area contributed by atoms with Gasteiger partial charge in [-0.25, -0.2) is 9.97 Å². The van der Waals surface area contributed by atoms with Gasteiger partial charge in [0, 0.05) is 100 Å². The van der Waals surface area contributed by atoms with Crippen molar-refractivity contribution >= 4 is 52.5 Å². The van der Waals surface area contributed by atoms with E-state index in [4.69, 9.17) is 4.74 Å². The molecule has 1 aliphatic carbocycles. The lowest BCUT2D eigenvalue weighted by atomic mass is 9.90. The van der Waals surface area contributed by atoms with Crippen molar-refractivity contribution in [3.8, 4) is 11.1 Å². The van der Waals surface area contributed by atoms with Crippen LogP contribution in [0.25, 0.3) is 11.1 Å². The van der Waals surface area contributed by atoms with E-state index in [0.717, 1.165) is 29.7 Å². The van der Waals surface area contributed by atoms with E-state index in [1.165, 1.54) is 15.8 Å². The van der Waals surface area contributed by atoms with Crippen LogP contribution in [0, 0.1) is 5.41 Å². The number of hydrogen-bond donors (Lipinski definition) is 3. The summed E-state index contributed by atoms with van der Waals surface area (Å²) in [4.78, 5) is 94.7. The maximum atomic E-state index is 14.0. The third-order valence-corrected chi connectivity index (χ3v) is 14.8. The number of piperidine rings is 1. The summed E-state index contributed by atoms with van der Waals surface area (Å²) in [6, 6.07) is 14.3. The summed E-state index contributed by atoms with van der Waals surface area (Å²) in [6.07, 6.45) is 9.15. The highest BCUT2D eigenvalue weighted by atomic mass is 16.5. The number of pyridine rings is 3. The zero-order valence-electron chi connectivity index (χ0n) is 40.7.